The first-order valence-corrected chi connectivity index (χ1v) is 19.5. The van der Waals surface area contributed by atoms with Crippen LogP contribution in [0.1, 0.15) is 140 Å². The van der Waals surface area contributed by atoms with Crippen molar-refractivity contribution in [2.24, 2.45) is 0 Å². The van der Waals surface area contributed by atoms with Crippen molar-refractivity contribution < 1.29 is 0 Å². The molecule has 7 aromatic rings. The third-order valence-electron chi connectivity index (χ3n) is 13.8. The first-order chi connectivity index (χ1) is 24.8. The molecule has 0 atom stereocenters. The van der Waals surface area contributed by atoms with E-state index in [4.69, 9.17) is 0 Å². The standard InChI is InChI=1S/C48H45N3/c1-26-20-37-42(34-19-13-12-18-33(26)34)35-23-36-43-38(21-31(24-49)27(2)40(43)29-14-8-6-9-15-29)51-39-22-32(25-50)28(3)41(30-16-10-7-11-17-30)44(39)45(47(36)51)46(35)48(37,4)5/h12-13,18-23,29-30H,6-11,14-17H2,1-5H3. The van der Waals surface area contributed by atoms with Gasteiger partial charge < -0.3 is 4.40 Å². The second kappa shape index (κ2) is 10.8. The fraction of sp³-hybridized carbons (Fsp3) is 0.375. The van der Waals surface area contributed by atoms with Gasteiger partial charge in [0.25, 0.3) is 0 Å². The van der Waals surface area contributed by atoms with E-state index < -0.39 is 0 Å². The van der Waals surface area contributed by atoms with Gasteiger partial charge in [-0.15, -0.1) is 0 Å². The van der Waals surface area contributed by atoms with E-state index in [2.05, 4.69) is 99.7 Å². The Morgan fingerprint density at radius 1 is 0.647 bits per heavy atom. The minimum atomic E-state index is -0.225. The summed E-state index contributed by atoms with van der Waals surface area (Å²) in [5, 5.41) is 29.3. The highest BCUT2D eigenvalue weighted by molar-refractivity contribution is 6.29. The minimum Gasteiger partial charge on any atom is -0.308 e. The lowest BCUT2D eigenvalue weighted by molar-refractivity contribution is 0.444. The molecule has 2 saturated carbocycles. The number of rotatable bonds is 2. The van der Waals surface area contributed by atoms with Gasteiger partial charge in [-0.1, -0.05) is 82.7 Å². The lowest BCUT2D eigenvalue weighted by atomic mass is 9.76. The molecule has 0 radical (unpaired) electrons. The van der Waals surface area contributed by atoms with Gasteiger partial charge in [-0.2, -0.15) is 10.5 Å². The number of hydrogen-bond acceptors (Lipinski definition) is 2. The van der Waals surface area contributed by atoms with Gasteiger partial charge in [-0.3, -0.25) is 0 Å². The maximum Gasteiger partial charge on any atom is 0.0995 e. The first-order valence-electron chi connectivity index (χ1n) is 19.5. The second-order valence-electron chi connectivity index (χ2n) is 16.8. The monoisotopic (exact) mass is 663 g/mol. The van der Waals surface area contributed by atoms with E-state index in [1.165, 1.54) is 141 Å². The molecule has 2 heterocycles. The van der Waals surface area contributed by atoms with Crippen LogP contribution in [-0.4, -0.2) is 4.40 Å². The molecule has 0 N–H and O–H groups in total. The zero-order valence-corrected chi connectivity index (χ0v) is 30.7. The number of nitrogens with zero attached hydrogens (tertiary/aromatic N) is 3. The molecule has 0 aliphatic heterocycles. The molecule has 2 fully saturated rings. The summed E-state index contributed by atoms with van der Waals surface area (Å²) in [7, 11) is 0. The number of hydrogen-bond donors (Lipinski definition) is 0. The van der Waals surface area contributed by atoms with Crippen molar-refractivity contribution in [2.75, 3.05) is 0 Å². The third kappa shape index (κ3) is 3.93. The Morgan fingerprint density at radius 2 is 1.20 bits per heavy atom. The summed E-state index contributed by atoms with van der Waals surface area (Å²) in [5.74, 6) is 0.883. The zero-order chi connectivity index (χ0) is 34.9. The van der Waals surface area contributed by atoms with E-state index in [0.29, 0.717) is 11.8 Å². The Balaban J connectivity index is 1.50. The molecule has 0 saturated heterocycles. The molecule has 0 bridgehead atoms. The van der Waals surface area contributed by atoms with Gasteiger partial charge in [0.05, 0.1) is 39.8 Å². The van der Waals surface area contributed by atoms with Crippen LogP contribution in [0, 0.1) is 43.4 Å². The van der Waals surface area contributed by atoms with Gasteiger partial charge in [-0.25, -0.2) is 0 Å². The molecule has 252 valence electrons. The zero-order valence-electron chi connectivity index (χ0n) is 30.7. The highest BCUT2D eigenvalue weighted by Crippen LogP contribution is 2.59. The quantitative estimate of drug-likeness (QED) is 0.185. The SMILES string of the molecule is Cc1c(C#N)cc2c(c1C1CCCCC1)c1cc3c(c4c5c(C6CCCCC6)c(C)c(C#N)cc5n2c14)C(C)(C)c1cc(C)c2ccccc2c1-3. The van der Waals surface area contributed by atoms with Crippen LogP contribution in [-0.2, 0) is 5.41 Å². The molecule has 3 nitrogen and oxygen atoms in total. The average molecular weight is 664 g/mol. The van der Waals surface area contributed by atoms with Crippen molar-refractivity contribution in [1.82, 2.24) is 4.40 Å². The fourth-order valence-electron chi connectivity index (χ4n) is 11.5. The van der Waals surface area contributed by atoms with E-state index in [0.717, 1.165) is 33.3 Å². The van der Waals surface area contributed by atoms with Crippen LogP contribution in [0.15, 0.2) is 48.5 Å². The summed E-state index contributed by atoms with van der Waals surface area (Å²) in [6.07, 6.45) is 12.3. The van der Waals surface area contributed by atoms with Crippen molar-refractivity contribution >= 4 is 48.9 Å². The predicted molar refractivity (Wildman–Crippen MR) is 211 cm³/mol. The molecule has 0 spiro atoms. The lowest BCUT2D eigenvalue weighted by Gasteiger charge is -2.27. The topological polar surface area (TPSA) is 52.0 Å². The smallest absolute Gasteiger partial charge is 0.0995 e. The summed E-state index contributed by atoms with van der Waals surface area (Å²) in [4.78, 5) is 0. The summed E-state index contributed by atoms with van der Waals surface area (Å²) in [6, 6.07) is 23.7. The summed E-state index contributed by atoms with van der Waals surface area (Å²) < 4.78 is 2.51. The van der Waals surface area contributed by atoms with Gasteiger partial charge in [0.2, 0.25) is 0 Å². The highest BCUT2D eigenvalue weighted by Gasteiger charge is 2.42. The average Bonchev–Trinajstić information content (AvgIpc) is 3.73. The van der Waals surface area contributed by atoms with Crippen LogP contribution in [0.25, 0.3) is 60.0 Å². The van der Waals surface area contributed by atoms with Crippen LogP contribution in [0.3, 0.4) is 0 Å². The molecule has 3 aliphatic carbocycles. The van der Waals surface area contributed by atoms with Crippen molar-refractivity contribution in [3.05, 3.63) is 98.6 Å². The van der Waals surface area contributed by atoms with Crippen molar-refractivity contribution in [1.29, 1.82) is 10.5 Å². The van der Waals surface area contributed by atoms with Crippen molar-refractivity contribution in [3.63, 3.8) is 0 Å². The minimum absolute atomic E-state index is 0.225. The van der Waals surface area contributed by atoms with Crippen LogP contribution in [0.2, 0.25) is 0 Å². The van der Waals surface area contributed by atoms with E-state index in [1.807, 2.05) is 0 Å². The van der Waals surface area contributed by atoms with E-state index in [1.54, 1.807) is 0 Å². The Hall–Kier alpha value is -4.86. The number of aryl methyl sites for hydroxylation is 1. The van der Waals surface area contributed by atoms with Gasteiger partial charge in [0.15, 0.2) is 0 Å². The Kier molecular flexibility index (Phi) is 6.56. The number of benzene rings is 5. The molecule has 5 aromatic carbocycles. The van der Waals surface area contributed by atoms with Gasteiger partial charge in [-0.05, 0) is 137 Å². The van der Waals surface area contributed by atoms with E-state index >= 15 is 0 Å². The van der Waals surface area contributed by atoms with E-state index in [9.17, 15) is 10.5 Å². The van der Waals surface area contributed by atoms with Gasteiger partial charge in [0, 0.05) is 27.0 Å². The summed E-state index contributed by atoms with van der Waals surface area (Å²) in [6.45, 7) is 11.6. The number of nitriles is 2. The largest absolute Gasteiger partial charge is 0.308 e. The lowest BCUT2D eigenvalue weighted by Crippen LogP contribution is -2.16. The maximum absolute atomic E-state index is 10.7. The third-order valence-corrected chi connectivity index (χ3v) is 13.8. The molecule has 3 aliphatic rings. The van der Waals surface area contributed by atoms with Crippen LogP contribution < -0.4 is 0 Å². The molecule has 51 heavy (non-hydrogen) atoms. The number of fused-ring (bicyclic) bond motifs is 12. The Morgan fingerprint density at radius 3 is 1.78 bits per heavy atom. The normalized spacial score (nSPS) is 17.9. The molecule has 0 amide bonds. The molecular formula is C48H45N3. The van der Waals surface area contributed by atoms with Crippen molar-refractivity contribution in [3.8, 4) is 23.3 Å². The first kappa shape index (κ1) is 30.9. The van der Waals surface area contributed by atoms with Crippen LogP contribution in [0.4, 0.5) is 0 Å². The molecule has 10 rings (SSSR count). The van der Waals surface area contributed by atoms with Crippen molar-refractivity contribution in [2.45, 2.75) is 116 Å². The molecular weight excluding hydrogens is 619 g/mol. The summed E-state index contributed by atoms with van der Waals surface area (Å²) >= 11 is 0. The molecule has 3 heteroatoms. The fourth-order valence-corrected chi connectivity index (χ4v) is 11.5. The molecule has 0 unspecified atom stereocenters. The summed E-state index contributed by atoms with van der Waals surface area (Å²) in [5.41, 5.74) is 17.0. The number of aromatic nitrogens is 1. The van der Waals surface area contributed by atoms with Gasteiger partial charge >= 0.3 is 0 Å². The highest BCUT2D eigenvalue weighted by atomic mass is 14.9. The predicted octanol–water partition coefficient (Wildman–Crippen LogP) is 13.1. The van der Waals surface area contributed by atoms with Crippen LogP contribution in [0.5, 0.6) is 0 Å². The van der Waals surface area contributed by atoms with Crippen LogP contribution >= 0.6 is 0 Å². The van der Waals surface area contributed by atoms with Gasteiger partial charge in [0.1, 0.15) is 0 Å². The second-order valence-corrected chi connectivity index (χ2v) is 16.8. The Labute approximate surface area is 300 Å². The Bertz CT molecular complexity index is 2730. The molecule has 2 aromatic heterocycles. The maximum atomic E-state index is 10.7. The van der Waals surface area contributed by atoms with E-state index in [-0.39, 0.29) is 5.41 Å².